The van der Waals surface area contributed by atoms with Crippen molar-refractivity contribution in [2.24, 2.45) is 0 Å². The van der Waals surface area contributed by atoms with Crippen LogP contribution < -0.4 is 0 Å². The van der Waals surface area contributed by atoms with Crippen LogP contribution in [0.4, 0.5) is 0 Å². The Hall–Kier alpha value is -1.38. The van der Waals surface area contributed by atoms with E-state index in [1.54, 1.807) is 6.07 Å². The van der Waals surface area contributed by atoms with Gasteiger partial charge < -0.3 is 5.11 Å². The fourth-order valence-corrected chi connectivity index (χ4v) is 2.45. The molecule has 0 aliphatic rings. The normalized spacial score (nSPS) is 10.5. The maximum Gasteiger partial charge on any atom is 0.345 e. The van der Waals surface area contributed by atoms with E-state index in [2.05, 4.69) is 11.0 Å². The minimum atomic E-state index is -0.871. The number of hydrogen-bond donors (Lipinski definition) is 1. The number of nitrogens with zero attached hydrogens (tertiary/aromatic N) is 2. The maximum absolute atomic E-state index is 10.8. The molecule has 5 heteroatoms. The van der Waals surface area contributed by atoms with Crippen molar-refractivity contribution in [2.45, 2.75) is 26.8 Å². The molecule has 0 amide bonds. The zero-order valence-electron chi connectivity index (χ0n) is 10.1. The van der Waals surface area contributed by atoms with Crippen LogP contribution in [0.15, 0.2) is 6.07 Å². The number of hydrogen-bond acceptors (Lipinski definition) is 4. The van der Waals surface area contributed by atoms with E-state index >= 15 is 0 Å². The Bertz CT molecular complexity index is 434. The van der Waals surface area contributed by atoms with Crippen LogP contribution in [-0.4, -0.2) is 29.1 Å². The number of rotatable bonds is 6. The predicted octanol–water partition coefficient (Wildman–Crippen LogP) is 2.49. The molecule has 0 atom stereocenters. The van der Waals surface area contributed by atoms with Crippen LogP contribution in [0.5, 0.6) is 0 Å². The molecule has 0 unspecified atom stereocenters. The SMILES string of the molecule is CCN(CCC#N)Cc1cc(C(=O)O)sc1C. The average molecular weight is 252 g/mol. The van der Waals surface area contributed by atoms with Crippen LogP contribution in [0.3, 0.4) is 0 Å². The summed E-state index contributed by atoms with van der Waals surface area (Å²) < 4.78 is 0. The van der Waals surface area contributed by atoms with Gasteiger partial charge >= 0.3 is 5.97 Å². The molecule has 17 heavy (non-hydrogen) atoms. The van der Waals surface area contributed by atoms with Gasteiger partial charge in [-0.1, -0.05) is 6.92 Å². The highest BCUT2D eigenvalue weighted by Crippen LogP contribution is 2.22. The molecule has 0 bridgehead atoms. The van der Waals surface area contributed by atoms with Crippen LogP contribution in [0.2, 0.25) is 0 Å². The number of carboxylic acid groups (broad SMARTS) is 1. The Morgan fingerprint density at radius 1 is 1.65 bits per heavy atom. The van der Waals surface area contributed by atoms with Gasteiger partial charge in [-0.05, 0) is 25.1 Å². The van der Waals surface area contributed by atoms with E-state index < -0.39 is 5.97 Å². The molecule has 1 N–H and O–H groups in total. The van der Waals surface area contributed by atoms with Crippen LogP contribution >= 0.6 is 11.3 Å². The zero-order valence-corrected chi connectivity index (χ0v) is 10.9. The first-order valence-corrected chi connectivity index (χ1v) is 6.32. The molecule has 0 fully saturated rings. The van der Waals surface area contributed by atoms with Gasteiger partial charge in [0.2, 0.25) is 0 Å². The Kier molecular flexibility index (Phi) is 5.13. The van der Waals surface area contributed by atoms with Crippen molar-refractivity contribution in [3.05, 3.63) is 21.4 Å². The van der Waals surface area contributed by atoms with Gasteiger partial charge in [0.1, 0.15) is 4.88 Å². The predicted molar refractivity (Wildman–Crippen MR) is 67.2 cm³/mol. The van der Waals surface area contributed by atoms with E-state index in [9.17, 15) is 4.79 Å². The lowest BCUT2D eigenvalue weighted by Crippen LogP contribution is -2.23. The van der Waals surface area contributed by atoms with Crippen molar-refractivity contribution in [3.8, 4) is 6.07 Å². The summed E-state index contributed by atoms with van der Waals surface area (Å²) in [6, 6.07) is 3.86. The summed E-state index contributed by atoms with van der Waals surface area (Å²) in [5.74, 6) is -0.871. The maximum atomic E-state index is 10.8. The number of thiophene rings is 1. The minimum absolute atomic E-state index is 0.383. The summed E-state index contributed by atoms with van der Waals surface area (Å²) in [7, 11) is 0. The molecule has 0 aliphatic heterocycles. The topological polar surface area (TPSA) is 64.3 Å². The van der Waals surface area contributed by atoms with Crippen molar-refractivity contribution in [3.63, 3.8) is 0 Å². The van der Waals surface area contributed by atoms with Crippen molar-refractivity contribution in [2.75, 3.05) is 13.1 Å². The van der Waals surface area contributed by atoms with Gasteiger partial charge in [0.05, 0.1) is 6.07 Å². The van der Waals surface area contributed by atoms with Gasteiger partial charge in [0.25, 0.3) is 0 Å². The molecule has 1 rings (SSSR count). The molecular weight excluding hydrogens is 236 g/mol. The molecule has 0 saturated heterocycles. The Balaban J connectivity index is 2.72. The second-order valence-electron chi connectivity index (χ2n) is 3.77. The quantitative estimate of drug-likeness (QED) is 0.844. The average Bonchev–Trinajstić information content (AvgIpc) is 2.66. The zero-order chi connectivity index (χ0) is 12.8. The van der Waals surface area contributed by atoms with E-state index in [0.29, 0.717) is 17.8 Å². The Labute approximate surface area is 105 Å². The molecule has 4 nitrogen and oxygen atoms in total. The molecule has 0 saturated carbocycles. The van der Waals surface area contributed by atoms with E-state index in [-0.39, 0.29) is 0 Å². The summed E-state index contributed by atoms with van der Waals surface area (Å²) in [6.07, 6.45) is 0.503. The van der Waals surface area contributed by atoms with E-state index in [1.807, 2.05) is 13.8 Å². The summed E-state index contributed by atoms with van der Waals surface area (Å²) in [6.45, 7) is 6.28. The lowest BCUT2D eigenvalue weighted by atomic mass is 10.2. The molecule has 92 valence electrons. The molecule has 1 aromatic rings. The van der Waals surface area contributed by atoms with Gasteiger partial charge in [-0.2, -0.15) is 5.26 Å². The first-order valence-electron chi connectivity index (χ1n) is 5.50. The van der Waals surface area contributed by atoms with E-state index in [0.717, 1.165) is 23.5 Å². The van der Waals surface area contributed by atoms with Crippen LogP contribution in [0.1, 0.15) is 33.5 Å². The van der Waals surface area contributed by atoms with Crippen molar-refractivity contribution in [1.82, 2.24) is 4.90 Å². The highest BCUT2D eigenvalue weighted by atomic mass is 32.1. The standard InChI is InChI=1S/C12H16N2O2S/c1-3-14(6-4-5-13)8-10-7-11(12(15)16)17-9(10)2/h7H,3-4,6,8H2,1-2H3,(H,15,16). The molecular formula is C12H16N2O2S. The third-order valence-corrected chi connectivity index (χ3v) is 3.69. The van der Waals surface area contributed by atoms with Gasteiger partial charge in [-0.25, -0.2) is 4.79 Å². The summed E-state index contributed by atoms with van der Waals surface area (Å²) in [5, 5.41) is 17.5. The first-order chi connectivity index (χ1) is 8.08. The Morgan fingerprint density at radius 2 is 2.35 bits per heavy atom. The van der Waals surface area contributed by atoms with Crippen LogP contribution in [-0.2, 0) is 6.54 Å². The molecule has 0 aromatic carbocycles. The van der Waals surface area contributed by atoms with Crippen LogP contribution in [0, 0.1) is 18.3 Å². The van der Waals surface area contributed by atoms with Crippen molar-refractivity contribution >= 4 is 17.3 Å². The summed E-state index contributed by atoms with van der Waals surface area (Å²) in [4.78, 5) is 14.4. The first kappa shape index (κ1) is 13.7. The van der Waals surface area contributed by atoms with Crippen molar-refractivity contribution in [1.29, 1.82) is 5.26 Å². The monoisotopic (exact) mass is 252 g/mol. The van der Waals surface area contributed by atoms with Gasteiger partial charge in [-0.3, -0.25) is 4.90 Å². The molecule has 0 aliphatic carbocycles. The Morgan fingerprint density at radius 3 is 2.82 bits per heavy atom. The van der Waals surface area contributed by atoms with E-state index in [4.69, 9.17) is 10.4 Å². The third-order valence-electron chi connectivity index (χ3n) is 2.61. The van der Waals surface area contributed by atoms with Gasteiger partial charge in [0.15, 0.2) is 0 Å². The van der Waals surface area contributed by atoms with Crippen molar-refractivity contribution < 1.29 is 9.90 Å². The highest BCUT2D eigenvalue weighted by molar-refractivity contribution is 7.14. The smallest absolute Gasteiger partial charge is 0.345 e. The lowest BCUT2D eigenvalue weighted by Gasteiger charge is -2.18. The number of aryl methyl sites for hydroxylation is 1. The highest BCUT2D eigenvalue weighted by Gasteiger charge is 2.13. The second-order valence-corrected chi connectivity index (χ2v) is 5.03. The number of carbonyl (C=O) groups is 1. The number of aromatic carboxylic acids is 1. The fraction of sp³-hybridized carbons (Fsp3) is 0.500. The minimum Gasteiger partial charge on any atom is -0.477 e. The molecule has 1 aromatic heterocycles. The van der Waals surface area contributed by atoms with Gasteiger partial charge in [-0.15, -0.1) is 11.3 Å². The number of carboxylic acids is 1. The largest absolute Gasteiger partial charge is 0.477 e. The summed E-state index contributed by atoms with van der Waals surface area (Å²) in [5.41, 5.74) is 1.05. The fourth-order valence-electron chi connectivity index (χ4n) is 1.58. The molecule has 0 spiro atoms. The van der Waals surface area contributed by atoms with Crippen LogP contribution in [0.25, 0.3) is 0 Å². The second kappa shape index (κ2) is 6.38. The lowest BCUT2D eigenvalue weighted by molar-refractivity contribution is 0.0702. The van der Waals surface area contributed by atoms with Gasteiger partial charge in [0, 0.05) is 24.4 Å². The number of nitriles is 1. The molecule has 1 heterocycles. The summed E-state index contributed by atoms with van der Waals surface area (Å²) >= 11 is 1.31. The van der Waals surface area contributed by atoms with E-state index in [1.165, 1.54) is 11.3 Å². The molecule has 0 radical (unpaired) electrons. The third kappa shape index (κ3) is 3.84.